The fourth-order valence-corrected chi connectivity index (χ4v) is 15.0. The van der Waals surface area contributed by atoms with Gasteiger partial charge in [0, 0.05) is 49.8 Å². The summed E-state index contributed by atoms with van der Waals surface area (Å²) in [6.07, 6.45) is 5.83. The molecule has 0 fully saturated rings. The van der Waals surface area contributed by atoms with Gasteiger partial charge in [-0.2, -0.15) is 23.4 Å². The quantitative estimate of drug-likeness (QED) is 0.0747. The van der Waals surface area contributed by atoms with Gasteiger partial charge in [-0.25, -0.2) is 4.98 Å². The predicted octanol–water partition coefficient (Wildman–Crippen LogP) is 9.48. The van der Waals surface area contributed by atoms with E-state index in [1.807, 2.05) is 29.8 Å². The molecule has 0 saturated carbocycles. The van der Waals surface area contributed by atoms with Crippen LogP contribution in [-0.2, 0) is 21.1 Å². The van der Waals surface area contributed by atoms with Gasteiger partial charge in [0.05, 0.1) is 5.65 Å². The third kappa shape index (κ3) is 4.88. The minimum Gasteiger partial charge on any atom is -0.340 e. The Morgan fingerprint density at radius 1 is 0.509 bits per heavy atom. The molecule has 0 N–H and O–H groups in total. The van der Waals surface area contributed by atoms with Crippen LogP contribution < -0.4 is 20.7 Å². The van der Waals surface area contributed by atoms with Crippen molar-refractivity contribution in [2.75, 3.05) is 0 Å². The molecule has 0 amide bonds. The van der Waals surface area contributed by atoms with E-state index in [1.165, 1.54) is 46.7 Å². The average Bonchev–Trinajstić information content (AvgIpc) is 4.00. The van der Waals surface area contributed by atoms with E-state index in [1.54, 1.807) is 0 Å². The second-order valence-corrected chi connectivity index (χ2v) is 19.2. The van der Waals surface area contributed by atoms with E-state index in [2.05, 4.69) is 185 Å². The average molecular weight is 942 g/mol. The molecule has 0 aliphatic heterocycles. The molecule has 12 rings (SSSR count). The first kappa shape index (κ1) is 34.1. The Bertz CT molecular complexity index is 3450. The molecule has 0 atom stereocenters. The van der Waals surface area contributed by atoms with Crippen LogP contribution >= 0.6 is 11.3 Å². The molecule has 7 aromatic carbocycles. The van der Waals surface area contributed by atoms with Crippen LogP contribution in [0, 0.1) is 12.1 Å². The Morgan fingerprint density at radius 3 is 1.95 bits per heavy atom. The van der Waals surface area contributed by atoms with E-state index < -0.39 is 8.07 Å². The number of fused-ring (bicyclic) bond motifs is 13. The number of nitrogens with zero attached hydrogens (tertiary/aromatic N) is 4. The molecular weight excluding hydrogens is 912 g/mol. The van der Waals surface area contributed by atoms with Gasteiger partial charge in [0.25, 0.3) is 0 Å². The SMILES string of the molecule is [Pt+2].[c-]1c([Si](c2[c-]c3c(cc2)c2c4sc5ccccc5c4ccc2n3-c2ccccn2)(c2ccccc2)c2ccccc2)ccc2c1c1nccn1c1ccccc21. The third-order valence-corrected chi connectivity index (χ3v) is 17.3. The van der Waals surface area contributed by atoms with E-state index in [9.17, 15) is 0 Å². The van der Waals surface area contributed by atoms with Crippen molar-refractivity contribution >= 4 is 109 Å². The molecule has 0 unspecified atom stereocenters. The zero-order valence-corrected chi connectivity index (χ0v) is 34.4. The van der Waals surface area contributed by atoms with Crippen molar-refractivity contribution in [2.45, 2.75) is 0 Å². The molecule has 12 aromatic rings. The maximum absolute atomic E-state index is 4.94. The van der Waals surface area contributed by atoms with Crippen molar-refractivity contribution in [1.29, 1.82) is 0 Å². The van der Waals surface area contributed by atoms with Crippen LogP contribution in [0.2, 0.25) is 0 Å². The molecule has 0 aliphatic rings. The molecule has 270 valence electrons. The maximum atomic E-state index is 4.94. The Labute approximate surface area is 347 Å². The van der Waals surface area contributed by atoms with Crippen LogP contribution in [0.15, 0.2) is 182 Å². The maximum Gasteiger partial charge on any atom is 2.00 e. The van der Waals surface area contributed by atoms with Crippen molar-refractivity contribution in [2.24, 2.45) is 0 Å². The first-order valence-electron chi connectivity index (χ1n) is 18.8. The molecule has 0 radical (unpaired) electrons. The van der Waals surface area contributed by atoms with Gasteiger partial charge >= 0.3 is 21.1 Å². The van der Waals surface area contributed by atoms with Crippen LogP contribution in [0.5, 0.6) is 0 Å². The van der Waals surface area contributed by atoms with Crippen molar-refractivity contribution in [3.05, 3.63) is 195 Å². The zero-order chi connectivity index (χ0) is 36.8. The molecule has 57 heavy (non-hydrogen) atoms. The molecule has 0 saturated heterocycles. The fourth-order valence-electron chi connectivity index (χ4n) is 9.17. The molecule has 7 heteroatoms. The van der Waals surface area contributed by atoms with Crippen molar-refractivity contribution in [3.8, 4) is 5.82 Å². The van der Waals surface area contributed by atoms with E-state index in [4.69, 9.17) is 9.97 Å². The molecule has 5 aromatic heterocycles. The number of pyridine rings is 2. The van der Waals surface area contributed by atoms with Crippen molar-refractivity contribution < 1.29 is 21.1 Å². The van der Waals surface area contributed by atoms with Crippen LogP contribution in [-0.4, -0.2) is 27.0 Å². The Kier molecular flexibility index (Phi) is 7.90. The van der Waals surface area contributed by atoms with Gasteiger partial charge in [-0.05, 0) is 51.5 Å². The molecule has 0 bridgehead atoms. The molecule has 5 heterocycles. The Balaban J connectivity index is 0.00000374. The van der Waals surface area contributed by atoms with Crippen molar-refractivity contribution in [3.63, 3.8) is 0 Å². The number of rotatable bonds is 5. The molecule has 0 aliphatic carbocycles. The number of aromatic nitrogens is 4. The van der Waals surface area contributed by atoms with Gasteiger partial charge in [-0.3, -0.25) is 4.98 Å². The molecule has 0 spiro atoms. The van der Waals surface area contributed by atoms with Gasteiger partial charge in [0.2, 0.25) is 0 Å². The topological polar surface area (TPSA) is 35.1 Å². The standard InChI is InChI=1S/C50H30N4SSi.Pt/c1-3-13-33(14-4-1)56(34-15-5-2-6-16-34,35-22-24-37-38-17-7-9-19-43(38)53-30-29-52-50(53)42(37)31-35)36-23-25-41-45(32-36)54(47-21-11-12-28-51-47)44-27-26-40-39-18-8-10-20-46(39)55-49(40)48(41)44;/h1-30H;/q-2;+2. The minimum atomic E-state index is -3.10. The van der Waals surface area contributed by atoms with E-state index >= 15 is 0 Å². The summed E-state index contributed by atoms with van der Waals surface area (Å²) in [7, 11) is -3.10. The molecule has 4 nitrogen and oxygen atoms in total. The first-order chi connectivity index (χ1) is 27.8. The third-order valence-electron chi connectivity index (χ3n) is 11.5. The Morgan fingerprint density at radius 2 is 1.18 bits per heavy atom. The van der Waals surface area contributed by atoms with Crippen LogP contribution in [0.4, 0.5) is 0 Å². The predicted molar refractivity (Wildman–Crippen MR) is 237 cm³/mol. The summed E-state index contributed by atoms with van der Waals surface area (Å²) in [5.41, 5.74) is 4.19. The van der Waals surface area contributed by atoms with Crippen LogP contribution in [0.25, 0.3) is 75.1 Å². The van der Waals surface area contributed by atoms with E-state index in [-0.39, 0.29) is 21.1 Å². The summed E-state index contributed by atoms with van der Waals surface area (Å²) in [5.74, 6) is 0.874. The van der Waals surface area contributed by atoms with Crippen LogP contribution in [0.1, 0.15) is 0 Å². The fraction of sp³-hybridized carbons (Fsp3) is 0. The number of hydrogen-bond acceptors (Lipinski definition) is 3. The first-order valence-corrected chi connectivity index (χ1v) is 21.6. The largest absolute Gasteiger partial charge is 2.00 e. The normalized spacial score (nSPS) is 12.1. The minimum absolute atomic E-state index is 0. The molecular formula is C50H30N4PtSSi. The van der Waals surface area contributed by atoms with E-state index in [0.29, 0.717) is 0 Å². The van der Waals surface area contributed by atoms with Crippen LogP contribution in [0.3, 0.4) is 0 Å². The van der Waals surface area contributed by atoms with Gasteiger partial charge < -0.3 is 8.97 Å². The summed E-state index contributed by atoms with van der Waals surface area (Å²) in [6, 6.07) is 67.7. The number of benzene rings is 7. The smallest absolute Gasteiger partial charge is 0.340 e. The summed E-state index contributed by atoms with van der Waals surface area (Å²) < 4.78 is 7.10. The number of imidazole rings is 1. The van der Waals surface area contributed by atoms with Crippen molar-refractivity contribution in [1.82, 2.24) is 18.9 Å². The monoisotopic (exact) mass is 941 g/mol. The number of hydrogen-bond donors (Lipinski definition) is 0. The number of thiophene rings is 1. The Hall–Kier alpha value is -6.17. The summed E-state index contributed by atoms with van der Waals surface area (Å²) in [4.78, 5) is 9.86. The van der Waals surface area contributed by atoms with E-state index in [0.717, 1.165) is 49.2 Å². The zero-order valence-electron chi connectivity index (χ0n) is 30.3. The van der Waals surface area contributed by atoms with Gasteiger partial charge in [-0.1, -0.05) is 120 Å². The van der Waals surface area contributed by atoms with Gasteiger partial charge in [-0.15, -0.1) is 45.5 Å². The summed E-state index contributed by atoms with van der Waals surface area (Å²) in [5, 5.41) is 13.2. The summed E-state index contributed by atoms with van der Waals surface area (Å²) >= 11 is 1.87. The number of para-hydroxylation sites is 1. The second kappa shape index (κ2) is 13.2. The van der Waals surface area contributed by atoms with Gasteiger partial charge in [0.1, 0.15) is 13.9 Å². The van der Waals surface area contributed by atoms with Gasteiger partial charge in [0.15, 0.2) is 0 Å². The summed E-state index contributed by atoms with van der Waals surface area (Å²) in [6.45, 7) is 0. The second-order valence-electron chi connectivity index (χ2n) is 14.4.